The summed E-state index contributed by atoms with van der Waals surface area (Å²) in [4.78, 5) is 13.0. The summed E-state index contributed by atoms with van der Waals surface area (Å²) in [6, 6.07) is 0. The number of hydrogen-bond acceptors (Lipinski definition) is 3. The molecule has 1 rings (SSSR count). The fraction of sp³-hybridized carbons (Fsp3) is 0.900. The molecule has 0 unspecified atom stereocenters. The van der Waals surface area contributed by atoms with Gasteiger partial charge in [-0.1, -0.05) is 0 Å². The predicted molar refractivity (Wildman–Crippen MR) is 56.9 cm³/mol. The maximum absolute atomic E-state index is 11.1. The van der Waals surface area contributed by atoms with Crippen LogP contribution < -0.4 is 11.1 Å². The molecule has 4 nitrogen and oxygen atoms in total. The second kappa shape index (κ2) is 5.98. The van der Waals surface area contributed by atoms with E-state index in [1.807, 2.05) is 4.90 Å². The molecule has 0 aromatic carbocycles. The summed E-state index contributed by atoms with van der Waals surface area (Å²) in [6.07, 6.45) is 2.24. The highest BCUT2D eigenvalue weighted by Gasteiger charge is 2.19. The topological polar surface area (TPSA) is 58.4 Å². The summed E-state index contributed by atoms with van der Waals surface area (Å²) in [7, 11) is 0. The quantitative estimate of drug-likeness (QED) is 0.616. The van der Waals surface area contributed by atoms with Crippen LogP contribution in [-0.2, 0) is 4.79 Å². The van der Waals surface area contributed by atoms with Crippen molar-refractivity contribution in [3.63, 3.8) is 0 Å². The molecule has 0 atom stereocenters. The van der Waals surface area contributed by atoms with Gasteiger partial charge in [0.2, 0.25) is 5.91 Å². The highest BCUT2D eigenvalue weighted by Crippen LogP contribution is 2.15. The summed E-state index contributed by atoms with van der Waals surface area (Å²) in [6.45, 7) is 6.13. The Kier molecular flexibility index (Phi) is 4.90. The second-order valence-corrected chi connectivity index (χ2v) is 3.94. The molecule has 1 amide bonds. The molecular weight excluding hydrogens is 178 g/mol. The Hall–Kier alpha value is -0.610. The summed E-state index contributed by atoms with van der Waals surface area (Å²) < 4.78 is 0. The summed E-state index contributed by atoms with van der Waals surface area (Å²) >= 11 is 0. The Morgan fingerprint density at radius 3 is 2.64 bits per heavy atom. The van der Waals surface area contributed by atoms with Gasteiger partial charge in [0, 0.05) is 33.1 Å². The van der Waals surface area contributed by atoms with Gasteiger partial charge in [-0.15, -0.1) is 0 Å². The number of piperidine rings is 1. The van der Waals surface area contributed by atoms with Gasteiger partial charge in [-0.25, -0.2) is 0 Å². The first-order chi connectivity index (χ1) is 6.74. The van der Waals surface area contributed by atoms with Gasteiger partial charge in [0.15, 0.2) is 0 Å². The maximum atomic E-state index is 11.1. The van der Waals surface area contributed by atoms with E-state index in [9.17, 15) is 4.79 Å². The van der Waals surface area contributed by atoms with E-state index in [-0.39, 0.29) is 5.91 Å². The second-order valence-electron chi connectivity index (χ2n) is 3.94. The largest absolute Gasteiger partial charge is 0.343 e. The van der Waals surface area contributed by atoms with Crippen molar-refractivity contribution in [1.29, 1.82) is 0 Å². The minimum atomic E-state index is 0.207. The lowest BCUT2D eigenvalue weighted by Gasteiger charge is -2.31. The summed E-state index contributed by atoms with van der Waals surface area (Å²) in [5.74, 6) is 0.926. The Morgan fingerprint density at radius 2 is 2.14 bits per heavy atom. The van der Waals surface area contributed by atoms with Crippen molar-refractivity contribution in [2.24, 2.45) is 11.7 Å². The number of rotatable bonds is 4. The highest BCUT2D eigenvalue weighted by atomic mass is 16.2. The Balaban J connectivity index is 2.12. The molecule has 1 saturated heterocycles. The Bertz CT molecular complexity index is 176. The Morgan fingerprint density at radius 1 is 1.50 bits per heavy atom. The first-order valence-corrected chi connectivity index (χ1v) is 5.40. The highest BCUT2D eigenvalue weighted by molar-refractivity contribution is 5.73. The van der Waals surface area contributed by atoms with Crippen LogP contribution >= 0.6 is 0 Å². The van der Waals surface area contributed by atoms with E-state index in [0.717, 1.165) is 44.9 Å². The van der Waals surface area contributed by atoms with Gasteiger partial charge in [-0.3, -0.25) is 4.79 Å². The standard InChI is InChI=1S/C10H21N3O/c1-9(14)13-6-2-10(3-7-13)8-12-5-4-11/h10,12H,2-8,11H2,1H3. The van der Waals surface area contributed by atoms with Crippen LogP contribution in [0.15, 0.2) is 0 Å². The Labute approximate surface area is 85.8 Å². The number of likely N-dealkylation sites (tertiary alicyclic amines) is 1. The minimum Gasteiger partial charge on any atom is -0.343 e. The fourth-order valence-corrected chi connectivity index (χ4v) is 1.86. The molecule has 0 aromatic rings. The third-order valence-electron chi connectivity index (χ3n) is 2.81. The number of hydrogen-bond donors (Lipinski definition) is 2. The number of amides is 1. The molecule has 0 aliphatic carbocycles. The van der Waals surface area contributed by atoms with E-state index < -0.39 is 0 Å². The van der Waals surface area contributed by atoms with Crippen LogP contribution in [0.5, 0.6) is 0 Å². The van der Waals surface area contributed by atoms with Crippen molar-refractivity contribution < 1.29 is 4.79 Å². The van der Waals surface area contributed by atoms with Gasteiger partial charge in [0.05, 0.1) is 0 Å². The molecule has 1 heterocycles. The molecule has 4 heteroatoms. The number of nitrogens with one attached hydrogen (secondary N) is 1. The van der Waals surface area contributed by atoms with Gasteiger partial charge in [-0.05, 0) is 25.3 Å². The first kappa shape index (κ1) is 11.5. The van der Waals surface area contributed by atoms with Crippen LogP contribution in [0.1, 0.15) is 19.8 Å². The van der Waals surface area contributed by atoms with E-state index >= 15 is 0 Å². The van der Waals surface area contributed by atoms with Crippen molar-refractivity contribution in [2.45, 2.75) is 19.8 Å². The number of carbonyl (C=O) groups is 1. The molecular formula is C10H21N3O. The molecule has 0 bridgehead atoms. The van der Waals surface area contributed by atoms with Crippen LogP contribution in [0.2, 0.25) is 0 Å². The van der Waals surface area contributed by atoms with Gasteiger partial charge in [0.1, 0.15) is 0 Å². The van der Waals surface area contributed by atoms with Gasteiger partial charge in [-0.2, -0.15) is 0 Å². The van der Waals surface area contributed by atoms with E-state index in [4.69, 9.17) is 5.73 Å². The molecule has 1 aliphatic heterocycles. The SMILES string of the molecule is CC(=O)N1CCC(CNCCN)CC1. The third-order valence-corrected chi connectivity index (χ3v) is 2.81. The molecule has 82 valence electrons. The summed E-state index contributed by atoms with van der Waals surface area (Å²) in [5.41, 5.74) is 5.39. The lowest BCUT2D eigenvalue weighted by atomic mass is 9.97. The van der Waals surface area contributed by atoms with Crippen LogP contribution in [-0.4, -0.2) is 43.5 Å². The van der Waals surface area contributed by atoms with Crippen molar-refractivity contribution in [1.82, 2.24) is 10.2 Å². The fourth-order valence-electron chi connectivity index (χ4n) is 1.86. The van der Waals surface area contributed by atoms with Gasteiger partial charge >= 0.3 is 0 Å². The normalized spacial score (nSPS) is 18.6. The molecule has 3 N–H and O–H groups in total. The van der Waals surface area contributed by atoms with E-state index in [1.54, 1.807) is 6.92 Å². The zero-order chi connectivity index (χ0) is 10.4. The van der Waals surface area contributed by atoms with Gasteiger partial charge < -0.3 is 16.0 Å². The van der Waals surface area contributed by atoms with Crippen LogP contribution in [0, 0.1) is 5.92 Å². The predicted octanol–water partition coefficient (Wildman–Crippen LogP) is -0.207. The number of nitrogens with two attached hydrogens (primary N) is 1. The lowest BCUT2D eigenvalue weighted by molar-refractivity contribution is -0.130. The molecule has 1 fully saturated rings. The average molecular weight is 199 g/mol. The smallest absolute Gasteiger partial charge is 0.219 e. The third kappa shape index (κ3) is 3.64. The maximum Gasteiger partial charge on any atom is 0.219 e. The molecule has 0 spiro atoms. The zero-order valence-corrected chi connectivity index (χ0v) is 8.96. The first-order valence-electron chi connectivity index (χ1n) is 5.40. The average Bonchev–Trinajstić information content (AvgIpc) is 2.19. The van der Waals surface area contributed by atoms with E-state index in [1.165, 1.54) is 0 Å². The van der Waals surface area contributed by atoms with Gasteiger partial charge in [0.25, 0.3) is 0 Å². The number of nitrogens with zero attached hydrogens (tertiary/aromatic N) is 1. The van der Waals surface area contributed by atoms with E-state index in [0.29, 0.717) is 6.54 Å². The zero-order valence-electron chi connectivity index (χ0n) is 8.96. The van der Waals surface area contributed by atoms with Crippen molar-refractivity contribution in [3.05, 3.63) is 0 Å². The molecule has 0 radical (unpaired) electrons. The molecule has 1 aliphatic rings. The van der Waals surface area contributed by atoms with Crippen LogP contribution in [0.4, 0.5) is 0 Å². The minimum absolute atomic E-state index is 0.207. The summed E-state index contributed by atoms with van der Waals surface area (Å²) in [5, 5.41) is 3.32. The molecule has 0 saturated carbocycles. The van der Waals surface area contributed by atoms with Crippen LogP contribution in [0.25, 0.3) is 0 Å². The lowest BCUT2D eigenvalue weighted by Crippen LogP contribution is -2.40. The van der Waals surface area contributed by atoms with Crippen LogP contribution in [0.3, 0.4) is 0 Å². The molecule has 0 aromatic heterocycles. The molecule has 14 heavy (non-hydrogen) atoms. The van der Waals surface area contributed by atoms with Crippen molar-refractivity contribution >= 4 is 5.91 Å². The number of carbonyl (C=O) groups excluding carboxylic acids is 1. The van der Waals surface area contributed by atoms with Crippen molar-refractivity contribution in [2.75, 3.05) is 32.7 Å². The van der Waals surface area contributed by atoms with E-state index in [2.05, 4.69) is 5.32 Å². The monoisotopic (exact) mass is 199 g/mol. The van der Waals surface area contributed by atoms with Crippen molar-refractivity contribution in [3.8, 4) is 0 Å².